The summed E-state index contributed by atoms with van der Waals surface area (Å²) in [5.74, 6) is -0.413. The Labute approximate surface area is 154 Å². The largest absolute Gasteiger partial charge is 0.443 e. The topological polar surface area (TPSA) is 70.4 Å². The molecule has 0 N–H and O–H groups in total. The quantitative estimate of drug-likeness (QED) is 0.605. The molecule has 7 heteroatoms. The summed E-state index contributed by atoms with van der Waals surface area (Å²) in [5, 5.41) is 0.660. The number of fused-ring (bicyclic) bond motifs is 2. The highest BCUT2D eigenvalue weighted by Crippen LogP contribution is 2.35. The first-order valence-corrected chi connectivity index (χ1v) is 8.45. The van der Waals surface area contributed by atoms with Gasteiger partial charge >= 0.3 is 12.1 Å². The standard InChI is InChI=1S/C20H17FN2O4/c1-20(2,3)27-19(25)23-10-14(13-5-4-12(21)7-16(13)23)11-6-17-15(22-9-11)8-18(24)26-17/h4-7,9-10H,8H2,1-3H3. The maximum Gasteiger partial charge on any atom is 0.419 e. The minimum Gasteiger partial charge on any atom is -0.443 e. The molecule has 6 nitrogen and oxygen atoms in total. The predicted octanol–water partition coefficient (Wildman–Crippen LogP) is 4.09. The molecule has 0 aliphatic carbocycles. The Bertz CT molecular complexity index is 1100. The van der Waals surface area contributed by atoms with Crippen molar-refractivity contribution in [3.05, 3.63) is 48.2 Å². The Balaban J connectivity index is 1.86. The number of rotatable bonds is 1. The summed E-state index contributed by atoms with van der Waals surface area (Å²) in [6, 6.07) is 5.90. The molecule has 0 atom stereocenters. The molecule has 27 heavy (non-hydrogen) atoms. The molecule has 1 aliphatic rings. The third kappa shape index (κ3) is 3.16. The van der Waals surface area contributed by atoms with Gasteiger partial charge in [0, 0.05) is 28.9 Å². The first-order valence-electron chi connectivity index (χ1n) is 8.45. The van der Waals surface area contributed by atoms with E-state index in [0.29, 0.717) is 33.5 Å². The van der Waals surface area contributed by atoms with Gasteiger partial charge < -0.3 is 9.47 Å². The number of hydrogen-bond donors (Lipinski definition) is 0. The molecule has 0 spiro atoms. The van der Waals surface area contributed by atoms with Crippen molar-refractivity contribution >= 4 is 23.0 Å². The van der Waals surface area contributed by atoms with Gasteiger partial charge in [-0.25, -0.2) is 9.18 Å². The summed E-state index contributed by atoms with van der Waals surface area (Å²) in [6.07, 6.45) is 2.72. The second kappa shape index (κ2) is 5.90. The van der Waals surface area contributed by atoms with Gasteiger partial charge in [-0.1, -0.05) is 0 Å². The van der Waals surface area contributed by atoms with Crippen molar-refractivity contribution in [2.75, 3.05) is 0 Å². The van der Waals surface area contributed by atoms with Crippen molar-refractivity contribution in [2.24, 2.45) is 0 Å². The number of aromatic nitrogens is 2. The number of esters is 1. The fourth-order valence-electron chi connectivity index (χ4n) is 3.03. The highest BCUT2D eigenvalue weighted by Gasteiger charge is 2.25. The van der Waals surface area contributed by atoms with E-state index >= 15 is 0 Å². The molecule has 0 unspecified atom stereocenters. The van der Waals surface area contributed by atoms with E-state index < -0.39 is 17.5 Å². The summed E-state index contributed by atoms with van der Waals surface area (Å²) in [4.78, 5) is 28.3. The zero-order valence-electron chi connectivity index (χ0n) is 15.1. The minimum absolute atomic E-state index is 0.139. The summed E-state index contributed by atoms with van der Waals surface area (Å²) in [5.41, 5.74) is 1.59. The van der Waals surface area contributed by atoms with Gasteiger partial charge in [-0.15, -0.1) is 0 Å². The average molecular weight is 368 g/mol. The van der Waals surface area contributed by atoms with E-state index in [2.05, 4.69) is 4.98 Å². The highest BCUT2D eigenvalue weighted by atomic mass is 19.1. The monoisotopic (exact) mass is 368 g/mol. The van der Waals surface area contributed by atoms with Crippen LogP contribution in [0.15, 0.2) is 36.7 Å². The van der Waals surface area contributed by atoms with Gasteiger partial charge in [0.1, 0.15) is 11.4 Å². The first kappa shape index (κ1) is 17.2. The predicted molar refractivity (Wildman–Crippen MR) is 96.1 cm³/mol. The number of pyridine rings is 1. The third-order valence-corrected chi connectivity index (χ3v) is 4.13. The molecule has 0 radical (unpaired) electrons. The SMILES string of the molecule is CC(C)(C)OC(=O)n1cc(-c2cnc3c(c2)OC(=O)C3)c2ccc(F)cc21. The van der Waals surface area contributed by atoms with Crippen molar-refractivity contribution in [1.29, 1.82) is 0 Å². The number of ether oxygens (including phenoxy) is 2. The third-order valence-electron chi connectivity index (χ3n) is 4.13. The molecular weight excluding hydrogens is 351 g/mol. The van der Waals surface area contributed by atoms with Gasteiger partial charge in [0.2, 0.25) is 0 Å². The van der Waals surface area contributed by atoms with Crippen molar-refractivity contribution in [1.82, 2.24) is 9.55 Å². The van der Waals surface area contributed by atoms with Crippen LogP contribution in [0.3, 0.4) is 0 Å². The number of nitrogens with zero attached hydrogens (tertiary/aromatic N) is 2. The molecule has 0 amide bonds. The molecule has 2 aromatic heterocycles. The smallest absolute Gasteiger partial charge is 0.419 e. The summed E-state index contributed by atoms with van der Waals surface area (Å²) in [6.45, 7) is 5.28. The van der Waals surface area contributed by atoms with Crippen molar-refractivity contribution in [3.8, 4) is 16.9 Å². The second-order valence-corrected chi connectivity index (χ2v) is 7.37. The van der Waals surface area contributed by atoms with E-state index in [4.69, 9.17) is 9.47 Å². The van der Waals surface area contributed by atoms with Gasteiger partial charge in [-0.3, -0.25) is 14.3 Å². The van der Waals surface area contributed by atoms with Crippen molar-refractivity contribution in [3.63, 3.8) is 0 Å². The van der Waals surface area contributed by atoms with Crippen LogP contribution < -0.4 is 4.74 Å². The van der Waals surface area contributed by atoms with Crippen LogP contribution in [-0.4, -0.2) is 27.2 Å². The van der Waals surface area contributed by atoms with E-state index in [9.17, 15) is 14.0 Å². The van der Waals surface area contributed by atoms with Crippen LogP contribution in [0.4, 0.5) is 9.18 Å². The van der Waals surface area contributed by atoms with Crippen molar-refractivity contribution < 1.29 is 23.5 Å². The normalized spacial score (nSPS) is 13.6. The Morgan fingerprint density at radius 3 is 2.81 bits per heavy atom. The molecule has 1 aromatic carbocycles. The summed E-state index contributed by atoms with van der Waals surface area (Å²) < 4.78 is 25.7. The molecule has 0 saturated heterocycles. The minimum atomic E-state index is -0.690. The summed E-state index contributed by atoms with van der Waals surface area (Å²) >= 11 is 0. The van der Waals surface area contributed by atoms with Crippen LogP contribution in [0.25, 0.3) is 22.0 Å². The van der Waals surface area contributed by atoms with E-state index in [1.54, 1.807) is 45.3 Å². The van der Waals surface area contributed by atoms with Crippen LogP contribution in [-0.2, 0) is 16.0 Å². The molecule has 0 saturated carbocycles. The Morgan fingerprint density at radius 1 is 1.30 bits per heavy atom. The lowest BCUT2D eigenvalue weighted by atomic mass is 10.1. The molecule has 4 rings (SSSR count). The second-order valence-electron chi connectivity index (χ2n) is 7.37. The number of halogens is 1. The van der Waals surface area contributed by atoms with Crippen LogP contribution >= 0.6 is 0 Å². The average Bonchev–Trinajstić information content (AvgIpc) is 3.11. The van der Waals surface area contributed by atoms with Crippen LogP contribution in [0, 0.1) is 5.82 Å². The van der Waals surface area contributed by atoms with Crippen LogP contribution in [0.2, 0.25) is 0 Å². The molecule has 3 heterocycles. The number of benzene rings is 1. The Morgan fingerprint density at radius 2 is 2.07 bits per heavy atom. The fraction of sp³-hybridized carbons (Fsp3) is 0.250. The number of hydrogen-bond acceptors (Lipinski definition) is 5. The fourth-order valence-corrected chi connectivity index (χ4v) is 3.03. The van der Waals surface area contributed by atoms with Gasteiger partial charge in [0.05, 0.1) is 17.6 Å². The van der Waals surface area contributed by atoms with Gasteiger partial charge in [-0.2, -0.15) is 0 Å². The Hall–Kier alpha value is -3.22. The molecule has 0 fully saturated rings. The molecule has 3 aromatic rings. The van der Waals surface area contributed by atoms with Gasteiger partial charge in [0.15, 0.2) is 5.75 Å². The van der Waals surface area contributed by atoms with Crippen molar-refractivity contribution in [2.45, 2.75) is 32.8 Å². The highest BCUT2D eigenvalue weighted by molar-refractivity contribution is 6.00. The number of carbonyl (C=O) groups excluding carboxylic acids is 2. The lowest BCUT2D eigenvalue weighted by Crippen LogP contribution is -2.26. The van der Waals surface area contributed by atoms with E-state index in [0.717, 1.165) is 0 Å². The maximum atomic E-state index is 13.8. The van der Waals surface area contributed by atoms with Crippen LogP contribution in [0.1, 0.15) is 26.5 Å². The van der Waals surface area contributed by atoms with Crippen LogP contribution in [0.5, 0.6) is 5.75 Å². The molecule has 0 bridgehead atoms. The lowest BCUT2D eigenvalue weighted by molar-refractivity contribution is -0.131. The zero-order valence-corrected chi connectivity index (χ0v) is 15.1. The summed E-state index contributed by atoms with van der Waals surface area (Å²) in [7, 11) is 0. The molecule has 1 aliphatic heterocycles. The molecule has 138 valence electrons. The van der Waals surface area contributed by atoms with E-state index in [1.807, 2.05) is 0 Å². The van der Waals surface area contributed by atoms with Gasteiger partial charge in [0.25, 0.3) is 0 Å². The molecular formula is C20H17FN2O4. The van der Waals surface area contributed by atoms with E-state index in [-0.39, 0.29) is 12.4 Å². The lowest BCUT2D eigenvalue weighted by Gasteiger charge is -2.19. The van der Waals surface area contributed by atoms with E-state index in [1.165, 1.54) is 16.7 Å². The number of carbonyl (C=O) groups is 2. The maximum absolute atomic E-state index is 13.8. The first-order chi connectivity index (χ1) is 12.7. The zero-order chi connectivity index (χ0) is 19.3. The van der Waals surface area contributed by atoms with Gasteiger partial charge in [-0.05, 0) is 45.0 Å². The Kier molecular flexibility index (Phi) is 3.76.